The molecule has 0 aliphatic carbocycles. The van der Waals surface area contributed by atoms with Crippen LogP contribution in [0.25, 0.3) is 0 Å². The number of carbonyl (C=O) groups is 1. The van der Waals surface area contributed by atoms with Crippen LogP contribution in [0.15, 0.2) is 54.6 Å². The normalized spacial score (nSPS) is 28.4. The maximum absolute atomic E-state index is 13.6. The van der Waals surface area contributed by atoms with E-state index in [9.17, 15) is 9.18 Å². The Morgan fingerprint density at radius 1 is 1.00 bits per heavy atom. The molecule has 0 N–H and O–H groups in total. The molecule has 2 atom stereocenters. The maximum Gasteiger partial charge on any atom is 0.328 e. The van der Waals surface area contributed by atoms with Crippen molar-refractivity contribution in [2.45, 2.75) is 50.7 Å². The smallest absolute Gasteiger partial charge is 0.328 e. The van der Waals surface area contributed by atoms with Gasteiger partial charge in [0.15, 0.2) is 6.10 Å². The van der Waals surface area contributed by atoms with Gasteiger partial charge in [-0.15, -0.1) is 0 Å². The largest absolute Gasteiger partial charge is 0.455 e. The Labute approximate surface area is 196 Å². The number of carbonyl (C=O) groups excluding carboxylic acids is 1. The Morgan fingerprint density at radius 2 is 1.70 bits per heavy atom. The first-order valence-electron chi connectivity index (χ1n) is 12.7. The van der Waals surface area contributed by atoms with Crippen molar-refractivity contribution >= 4 is 5.97 Å². The lowest BCUT2D eigenvalue weighted by atomic mass is 9.83. The zero-order valence-corrected chi connectivity index (χ0v) is 19.5. The maximum atomic E-state index is 13.6. The standard InChI is InChI=1S/C28H36FN2O2/c29-25-11-9-22(10-12-25)13-18-31-19-14-23(15-20-31)26(21-31)33-28(32)27(24-7-3-1-4-8-24)30-16-5-2-6-17-30/h1,3-4,7-12,23,26-27H,2,5-6,13-21H2/q+1/t23?,26-,27?,31?/m0/s1. The van der Waals surface area contributed by atoms with Crippen LogP contribution in [0.2, 0.25) is 0 Å². The topological polar surface area (TPSA) is 29.5 Å². The van der Waals surface area contributed by atoms with Gasteiger partial charge in [-0.25, -0.2) is 9.18 Å². The number of halogens is 1. The van der Waals surface area contributed by atoms with Crippen LogP contribution in [0.4, 0.5) is 4.39 Å². The van der Waals surface area contributed by atoms with Crippen LogP contribution in [0.1, 0.15) is 49.3 Å². The van der Waals surface area contributed by atoms with E-state index in [1.165, 1.54) is 12.0 Å². The van der Waals surface area contributed by atoms with E-state index in [4.69, 9.17) is 4.74 Å². The second-order valence-electron chi connectivity index (χ2n) is 10.3. The molecular formula is C28H36FN2O2+. The number of piperidine rings is 4. The Hall–Kier alpha value is -2.24. The second kappa shape index (κ2) is 9.94. The van der Waals surface area contributed by atoms with Gasteiger partial charge >= 0.3 is 5.97 Å². The summed E-state index contributed by atoms with van der Waals surface area (Å²) in [6.45, 7) is 6.18. The fraction of sp³-hybridized carbons (Fsp3) is 0.536. The van der Waals surface area contributed by atoms with Crippen molar-refractivity contribution in [2.24, 2.45) is 5.92 Å². The summed E-state index contributed by atoms with van der Waals surface area (Å²) in [6, 6.07) is 16.8. The number of benzene rings is 2. The van der Waals surface area contributed by atoms with E-state index < -0.39 is 0 Å². The van der Waals surface area contributed by atoms with Crippen LogP contribution in [-0.2, 0) is 16.0 Å². The van der Waals surface area contributed by atoms with Gasteiger partial charge in [-0.3, -0.25) is 4.90 Å². The summed E-state index contributed by atoms with van der Waals surface area (Å²) in [4.78, 5) is 15.9. The quantitative estimate of drug-likeness (QED) is 0.450. The molecule has 4 fully saturated rings. The number of hydrogen-bond donors (Lipinski definition) is 0. The first kappa shape index (κ1) is 22.5. The van der Waals surface area contributed by atoms with Crippen molar-refractivity contribution in [3.05, 3.63) is 71.5 Å². The summed E-state index contributed by atoms with van der Waals surface area (Å²) in [7, 11) is 0. The van der Waals surface area contributed by atoms with Crippen LogP contribution >= 0.6 is 0 Å². The number of likely N-dealkylation sites (tertiary alicyclic amines) is 1. The highest BCUT2D eigenvalue weighted by Crippen LogP contribution is 2.37. The monoisotopic (exact) mass is 451 g/mol. The van der Waals surface area contributed by atoms with Gasteiger partial charge in [0.2, 0.25) is 0 Å². The summed E-state index contributed by atoms with van der Waals surface area (Å²) in [5.41, 5.74) is 2.23. The molecule has 0 aromatic heterocycles. The molecule has 2 aromatic rings. The van der Waals surface area contributed by atoms with Gasteiger partial charge in [-0.1, -0.05) is 48.9 Å². The van der Waals surface area contributed by atoms with Crippen LogP contribution in [0, 0.1) is 11.7 Å². The van der Waals surface area contributed by atoms with Crippen LogP contribution in [0.5, 0.6) is 0 Å². The Kier molecular flexibility index (Phi) is 6.79. The molecule has 176 valence electrons. The minimum absolute atomic E-state index is 0.00391. The average molecular weight is 452 g/mol. The molecule has 6 rings (SSSR count). The minimum Gasteiger partial charge on any atom is -0.455 e. The van der Waals surface area contributed by atoms with E-state index in [-0.39, 0.29) is 23.9 Å². The number of ether oxygens (including phenoxy) is 1. The molecule has 2 aromatic carbocycles. The van der Waals surface area contributed by atoms with Crippen molar-refractivity contribution in [3.63, 3.8) is 0 Å². The molecule has 33 heavy (non-hydrogen) atoms. The van der Waals surface area contributed by atoms with Gasteiger partial charge in [-0.2, -0.15) is 0 Å². The van der Waals surface area contributed by atoms with Crippen molar-refractivity contribution in [3.8, 4) is 0 Å². The number of esters is 1. The molecule has 5 heteroatoms. The lowest BCUT2D eigenvalue weighted by molar-refractivity contribution is -0.946. The summed E-state index contributed by atoms with van der Waals surface area (Å²) in [5.74, 6) is 0.231. The predicted molar refractivity (Wildman–Crippen MR) is 127 cm³/mol. The third kappa shape index (κ3) is 5.15. The summed E-state index contributed by atoms with van der Waals surface area (Å²) < 4.78 is 20.6. The molecule has 0 radical (unpaired) electrons. The fourth-order valence-electron chi connectivity index (χ4n) is 6.21. The highest BCUT2D eigenvalue weighted by Gasteiger charge is 2.48. The number of rotatable bonds is 7. The van der Waals surface area contributed by atoms with Crippen molar-refractivity contribution in [1.29, 1.82) is 0 Å². The molecule has 4 aliphatic rings. The first-order valence-corrected chi connectivity index (χ1v) is 12.7. The van der Waals surface area contributed by atoms with Crippen molar-refractivity contribution in [2.75, 3.05) is 39.3 Å². The number of fused-ring (bicyclic) bond motifs is 3. The van der Waals surface area contributed by atoms with Gasteiger partial charge in [0.05, 0.1) is 19.6 Å². The van der Waals surface area contributed by atoms with E-state index >= 15 is 0 Å². The van der Waals surface area contributed by atoms with Gasteiger partial charge < -0.3 is 9.22 Å². The van der Waals surface area contributed by atoms with Crippen LogP contribution < -0.4 is 0 Å². The van der Waals surface area contributed by atoms with E-state index in [1.54, 1.807) is 12.1 Å². The third-order valence-corrected chi connectivity index (χ3v) is 8.19. The zero-order valence-electron chi connectivity index (χ0n) is 19.5. The molecule has 1 unspecified atom stereocenters. The van der Waals surface area contributed by atoms with Gasteiger partial charge in [-0.05, 0) is 49.2 Å². The Bertz CT molecular complexity index is 919. The fourth-order valence-corrected chi connectivity index (χ4v) is 6.21. The van der Waals surface area contributed by atoms with Crippen LogP contribution in [0.3, 0.4) is 0 Å². The molecule has 4 heterocycles. The Balaban J connectivity index is 1.27. The van der Waals surface area contributed by atoms with Gasteiger partial charge in [0.25, 0.3) is 0 Å². The highest BCUT2D eigenvalue weighted by atomic mass is 19.1. The molecule has 0 saturated carbocycles. The SMILES string of the molecule is O=C(O[C@H]1C[N+]2(CCc3ccc(F)cc3)CCC1CC2)C(c1ccccc1)N1CCCCC1. The number of hydrogen-bond acceptors (Lipinski definition) is 3. The van der Waals surface area contributed by atoms with Crippen molar-refractivity contribution in [1.82, 2.24) is 4.90 Å². The Morgan fingerprint density at radius 3 is 2.39 bits per heavy atom. The molecule has 4 nitrogen and oxygen atoms in total. The molecular weight excluding hydrogens is 415 g/mol. The van der Waals surface area contributed by atoms with Gasteiger partial charge in [0, 0.05) is 25.2 Å². The summed E-state index contributed by atoms with van der Waals surface area (Å²) in [5, 5.41) is 0. The molecule has 2 bridgehead atoms. The summed E-state index contributed by atoms with van der Waals surface area (Å²) >= 11 is 0. The number of nitrogens with zero attached hydrogens (tertiary/aromatic N) is 2. The molecule has 4 saturated heterocycles. The van der Waals surface area contributed by atoms with Crippen molar-refractivity contribution < 1.29 is 18.4 Å². The lowest BCUT2D eigenvalue weighted by Crippen LogP contribution is -2.65. The zero-order chi connectivity index (χ0) is 22.7. The molecule has 0 amide bonds. The van der Waals surface area contributed by atoms with E-state index in [0.29, 0.717) is 5.92 Å². The van der Waals surface area contributed by atoms with E-state index in [0.717, 1.165) is 81.4 Å². The highest BCUT2D eigenvalue weighted by molar-refractivity contribution is 5.78. The predicted octanol–water partition coefficient (Wildman–Crippen LogP) is 4.75. The van der Waals surface area contributed by atoms with E-state index in [2.05, 4.69) is 17.0 Å². The van der Waals surface area contributed by atoms with Gasteiger partial charge in [0.1, 0.15) is 18.4 Å². The van der Waals surface area contributed by atoms with E-state index in [1.807, 2.05) is 30.3 Å². The second-order valence-corrected chi connectivity index (χ2v) is 10.3. The number of quaternary nitrogens is 1. The average Bonchev–Trinajstić information content (AvgIpc) is 2.86. The lowest BCUT2D eigenvalue weighted by Gasteiger charge is -2.52. The summed E-state index contributed by atoms with van der Waals surface area (Å²) in [6.07, 6.45) is 6.72. The van der Waals surface area contributed by atoms with Crippen LogP contribution in [-0.4, -0.2) is 60.7 Å². The molecule has 0 spiro atoms. The molecule has 4 aliphatic heterocycles. The third-order valence-electron chi connectivity index (χ3n) is 8.19. The minimum atomic E-state index is -0.297. The first-order chi connectivity index (χ1) is 16.1.